The van der Waals surface area contributed by atoms with E-state index >= 15 is 0 Å². The number of anilines is 1. The van der Waals surface area contributed by atoms with Crippen LogP contribution in [0.4, 0.5) is 5.82 Å². The summed E-state index contributed by atoms with van der Waals surface area (Å²) in [6.45, 7) is 2.77. The van der Waals surface area contributed by atoms with Gasteiger partial charge in [0.25, 0.3) is 0 Å². The van der Waals surface area contributed by atoms with E-state index in [1.165, 1.54) is 0 Å². The summed E-state index contributed by atoms with van der Waals surface area (Å²) in [6, 6.07) is 5.15. The van der Waals surface area contributed by atoms with Crippen LogP contribution in [0.15, 0.2) is 24.4 Å². The Hall–Kier alpha value is -1.95. The van der Waals surface area contributed by atoms with Crippen LogP contribution in [0.1, 0.15) is 0 Å². The van der Waals surface area contributed by atoms with Crippen LogP contribution in [0, 0.1) is 0 Å². The van der Waals surface area contributed by atoms with Crippen LogP contribution in [0.3, 0.4) is 0 Å². The maximum Gasteiger partial charge on any atom is 0.315 e. The summed E-state index contributed by atoms with van der Waals surface area (Å²) in [6.07, 6.45) is 1.57. The van der Waals surface area contributed by atoms with Crippen LogP contribution in [0.2, 0.25) is 0 Å². The van der Waals surface area contributed by atoms with E-state index in [4.69, 9.17) is 0 Å². The molecule has 0 aromatic carbocycles. The van der Waals surface area contributed by atoms with E-state index in [9.17, 15) is 9.59 Å². The minimum Gasteiger partial charge on any atom is -0.332 e. The first-order valence-corrected chi connectivity index (χ1v) is 5.86. The molecular weight excluding hydrogens is 232 g/mol. The average molecular weight is 248 g/mol. The number of aromatic nitrogens is 1. The van der Waals surface area contributed by atoms with Gasteiger partial charge in [0.05, 0.1) is 0 Å². The van der Waals surface area contributed by atoms with E-state index in [2.05, 4.69) is 15.2 Å². The summed E-state index contributed by atoms with van der Waals surface area (Å²) in [4.78, 5) is 31.3. The molecule has 0 radical (unpaired) electrons. The highest BCUT2D eigenvalue weighted by Gasteiger charge is 2.24. The zero-order valence-corrected chi connectivity index (χ0v) is 10.3. The van der Waals surface area contributed by atoms with Gasteiger partial charge in [-0.15, -0.1) is 0 Å². The van der Waals surface area contributed by atoms with Gasteiger partial charge >= 0.3 is 11.8 Å². The largest absolute Gasteiger partial charge is 0.332 e. The van der Waals surface area contributed by atoms with E-state index < -0.39 is 11.8 Å². The molecule has 1 aliphatic rings. The summed E-state index contributed by atoms with van der Waals surface area (Å²) in [5.74, 6) is -0.725. The quantitative estimate of drug-likeness (QED) is 0.699. The predicted octanol–water partition coefficient (Wildman–Crippen LogP) is -0.206. The maximum atomic E-state index is 11.9. The first kappa shape index (κ1) is 12.5. The van der Waals surface area contributed by atoms with Crippen molar-refractivity contribution in [2.24, 2.45) is 0 Å². The maximum absolute atomic E-state index is 11.9. The minimum absolute atomic E-state index is 0.393. The van der Waals surface area contributed by atoms with Crippen LogP contribution in [-0.4, -0.2) is 59.8 Å². The van der Waals surface area contributed by atoms with Crippen LogP contribution in [0.5, 0.6) is 0 Å². The monoisotopic (exact) mass is 248 g/mol. The molecule has 1 N–H and O–H groups in total. The molecule has 0 bridgehead atoms. The molecule has 2 rings (SSSR count). The summed E-state index contributed by atoms with van der Waals surface area (Å²) >= 11 is 0. The van der Waals surface area contributed by atoms with Crippen molar-refractivity contribution in [3.63, 3.8) is 0 Å². The topological polar surface area (TPSA) is 65.5 Å². The number of nitrogens with one attached hydrogen (secondary N) is 1. The molecule has 0 unspecified atom stereocenters. The molecule has 0 aliphatic carbocycles. The van der Waals surface area contributed by atoms with Crippen molar-refractivity contribution in [1.82, 2.24) is 14.8 Å². The number of amides is 2. The second kappa shape index (κ2) is 5.59. The standard InChI is InChI=1S/C12H16N4O2/c1-15-6-8-16(9-7-15)12(18)11(17)14-10-4-2-3-5-13-10/h2-5H,6-9H2,1H3,(H,13,14,17). The van der Waals surface area contributed by atoms with Crippen molar-refractivity contribution >= 4 is 17.6 Å². The number of rotatable bonds is 1. The van der Waals surface area contributed by atoms with Crippen LogP contribution >= 0.6 is 0 Å². The molecule has 96 valence electrons. The van der Waals surface area contributed by atoms with Crippen molar-refractivity contribution in [3.8, 4) is 0 Å². The Kier molecular flexibility index (Phi) is 3.88. The highest BCUT2D eigenvalue weighted by molar-refractivity contribution is 6.39. The van der Waals surface area contributed by atoms with Gasteiger partial charge in [0.15, 0.2) is 0 Å². The van der Waals surface area contributed by atoms with E-state index in [-0.39, 0.29) is 0 Å². The molecule has 1 fully saturated rings. The summed E-state index contributed by atoms with van der Waals surface area (Å²) in [7, 11) is 2.00. The molecule has 6 nitrogen and oxygen atoms in total. The summed E-state index contributed by atoms with van der Waals surface area (Å²) < 4.78 is 0. The second-order valence-corrected chi connectivity index (χ2v) is 4.26. The van der Waals surface area contributed by atoms with Crippen molar-refractivity contribution < 1.29 is 9.59 Å². The van der Waals surface area contributed by atoms with E-state index in [0.29, 0.717) is 18.9 Å². The number of nitrogens with zero attached hydrogens (tertiary/aromatic N) is 3. The molecule has 1 saturated heterocycles. The second-order valence-electron chi connectivity index (χ2n) is 4.26. The van der Waals surface area contributed by atoms with Gasteiger partial charge in [0.1, 0.15) is 5.82 Å². The number of hydrogen-bond acceptors (Lipinski definition) is 4. The van der Waals surface area contributed by atoms with Gasteiger partial charge in [0, 0.05) is 32.4 Å². The highest BCUT2D eigenvalue weighted by Crippen LogP contribution is 2.03. The van der Waals surface area contributed by atoms with Gasteiger partial charge in [-0.05, 0) is 19.2 Å². The lowest BCUT2D eigenvalue weighted by Crippen LogP contribution is -2.50. The minimum atomic E-state index is -0.627. The van der Waals surface area contributed by atoms with Crippen LogP contribution < -0.4 is 5.32 Å². The molecule has 1 aliphatic heterocycles. The van der Waals surface area contributed by atoms with Gasteiger partial charge in [0.2, 0.25) is 0 Å². The van der Waals surface area contributed by atoms with Gasteiger partial charge in [-0.3, -0.25) is 9.59 Å². The normalized spacial score (nSPS) is 16.4. The van der Waals surface area contributed by atoms with Crippen molar-refractivity contribution in [1.29, 1.82) is 0 Å². The molecule has 18 heavy (non-hydrogen) atoms. The zero-order valence-electron chi connectivity index (χ0n) is 10.3. The molecule has 0 saturated carbocycles. The first-order valence-electron chi connectivity index (χ1n) is 5.86. The summed E-state index contributed by atoms with van der Waals surface area (Å²) in [5, 5.41) is 2.50. The molecule has 2 amide bonds. The number of carbonyl (C=O) groups excluding carboxylic acids is 2. The number of pyridine rings is 1. The summed E-state index contributed by atoms with van der Waals surface area (Å²) in [5.41, 5.74) is 0. The van der Waals surface area contributed by atoms with Gasteiger partial charge in [-0.1, -0.05) is 6.07 Å². The van der Waals surface area contributed by atoms with E-state index in [0.717, 1.165) is 13.1 Å². The Morgan fingerprint density at radius 2 is 1.94 bits per heavy atom. The van der Waals surface area contributed by atoms with Crippen molar-refractivity contribution in [3.05, 3.63) is 24.4 Å². The lowest BCUT2D eigenvalue weighted by molar-refractivity contribution is -0.144. The predicted molar refractivity (Wildman–Crippen MR) is 66.9 cm³/mol. The first-order chi connectivity index (χ1) is 8.66. The number of piperazine rings is 1. The highest BCUT2D eigenvalue weighted by atomic mass is 16.2. The fourth-order valence-electron chi connectivity index (χ4n) is 1.76. The lowest BCUT2D eigenvalue weighted by Gasteiger charge is -2.31. The number of likely N-dealkylation sites (N-methyl/N-ethyl adjacent to an activating group) is 1. The van der Waals surface area contributed by atoms with Crippen molar-refractivity contribution in [2.75, 3.05) is 38.5 Å². The Morgan fingerprint density at radius 3 is 2.56 bits per heavy atom. The van der Waals surface area contributed by atoms with Crippen molar-refractivity contribution in [2.45, 2.75) is 0 Å². The molecular formula is C12H16N4O2. The van der Waals surface area contributed by atoms with Gasteiger partial charge < -0.3 is 15.1 Å². The van der Waals surface area contributed by atoms with E-state index in [1.807, 2.05) is 7.05 Å². The Bertz CT molecular complexity index is 427. The molecule has 6 heteroatoms. The third kappa shape index (κ3) is 3.04. The zero-order chi connectivity index (χ0) is 13.0. The number of hydrogen-bond donors (Lipinski definition) is 1. The molecule has 2 heterocycles. The third-order valence-corrected chi connectivity index (χ3v) is 2.89. The van der Waals surface area contributed by atoms with Gasteiger partial charge in [-0.25, -0.2) is 4.98 Å². The smallest absolute Gasteiger partial charge is 0.315 e. The molecule has 1 aromatic heterocycles. The SMILES string of the molecule is CN1CCN(C(=O)C(=O)Nc2ccccn2)CC1. The Labute approximate surface area is 106 Å². The molecule has 0 atom stereocenters. The fraction of sp³-hybridized carbons (Fsp3) is 0.417. The van der Waals surface area contributed by atoms with Crippen LogP contribution in [-0.2, 0) is 9.59 Å². The van der Waals surface area contributed by atoms with Crippen LogP contribution in [0.25, 0.3) is 0 Å². The fourth-order valence-corrected chi connectivity index (χ4v) is 1.76. The average Bonchev–Trinajstić information content (AvgIpc) is 2.40. The Morgan fingerprint density at radius 1 is 1.22 bits per heavy atom. The molecule has 0 spiro atoms. The van der Waals surface area contributed by atoms with Gasteiger partial charge in [-0.2, -0.15) is 0 Å². The Balaban J connectivity index is 1.91. The van der Waals surface area contributed by atoms with E-state index in [1.54, 1.807) is 29.3 Å². The lowest BCUT2D eigenvalue weighted by atomic mass is 10.3. The molecule has 1 aromatic rings. The number of carbonyl (C=O) groups is 2. The third-order valence-electron chi connectivity index (χ3n) is 2.89.